The zero-order valence-electron chi connectivity index (χ0n) is 8.01. The summed E-state index contributed by atoms with van der Waals surface area (Å²) in [7, 11) is -1.59. The highest BCUT2D eigenvalue weighted by Crippen LogP contribution is 2.28. The minimum absolute atomic E-state index is 0.203. The van der Waals surface area contributed by atoms with E-state index in [0.717, 1.165) is 0 Å². The van der Waals surface area contributed by atoms with Gasteiger partial charge in [0.05, 0.1) is 6.61 Å². The van der Waals surface area contributed by atoms with Gasteiger partial charge in [-0.2, -0.15) is 0 Å². The molecule has 0 heterocycles. The summed E-state index contributed by atoms with van der Waals surface area (Å²) in [6.07, 6.45) is 0. The number of ether oxygens (including phenoxy) is 1. The first-order chi connectivity index (χ1) is 7.19. The van der Waals surface area contributed by atoms with Crippen LogP contribution in [0.15, 0.2) is 18.2 Å². The van der Waals surface area contributed by atoms with E-state index in [1.54, 1.807) is 6.92 Å². The number of halogens is 1. The molecule has 1 rings (SSSR count). The Morgan fingerprint density at radius 3 is 2.67 bits per heavy atom. The van der Waals surface area contributed by atoms with Crippen molar-refractivity contribution in [1.29, 1.82) is 0 Å². The van der Waals surface area contributed by atoms with Crippen molar-refractivity contribution in [2.45, 2.75) is 6.92 Å². The summed E-state index contributed by atoms with van der Waals surface area (Å²) in [5, 5.41) is 17.8. The lowest BCUT2D eigenvalue weighted by Crippen LogP contribution is -2.29. The topological polar surface area (TPSA) is 58.9 Å². The van der Waals surface area contributed by atoms with Crippen LogP contribution in [0.3, 0.4) is 0 Å². The van der Waals surface area contributed by atoms with Crippen LogP contribution in [0.1, 0.15) is 6.92 Å². The minimum Gasteiger partial charge on any atom is -0.490 e. The summed E-state index contributed by atoms with van der Waals surface area (Å²) in [6, 6.07) is 4.21. The molecule has 7 heteroatoms. The molecule has 0 spiro atoms. The lowest BCUT2D eigenvalue weighted by Gasteiger charge is -2.09. The van der Waals surface area contributed by atoms with Crippen LogP contribution in [-0.2, 0) is 0 Å². The maximum absolute atomic E-state index is 11.9. The second kappa shape index (κ2) is 5.84. The third kappa shape index (κ3) is 3.30. The van der Waals surface area contributed by atoms with Gasteiger partial charge in [-0.1, -0.05) is 6.07 Å². The Bertz CT molecular complexity index is 324. The van der Waals surface area contributed by atoms with Crippen LogP contribution in [0, 0.1) is 0 Å². The van der Waals surface area contributed by atoms with E-state index in [0.29, 0.717) is 6.61 Å². The lowest BCUT2D eigenvalue weighted by atomic mass is 9.80. The van der Waals surface area contributed by atoms with Gasteiger partial charge in [-0.15, -0.1) is 3.89 Å². The molecule has 0 atom stereocenters. The fourth-order valence-corrected chi connectivity index (χ4v) is 1.26. The van der Waals surface area contributed by atoms with Gasteiger partial charge in [0.1, 0.15) is 0 Å². The minimum atomic E-state index is -1.59. The molecular weight excluding hydrogens is 222 g/mol. The van der Waals surface area contributed by atoms with Crippen molar-refractivity contribution in [1.82, 2.24) is 0 Å². The van der Waals surface area contributed by atoms with Crippen molar-refractivity contribution < 1.29 is 22.9 Å². The highest BCUT2D eigenvalue weighted by molar-refractivity contribution is 7.89. The van der Waals surface area contributed by atoms with E-state index in [-0.39, 0.29) is 29.4 Å². The van der Waals surface area contributed by atoms with Gasteiger partial charge in [0.2, 0.25) is 0 Å². The second-order valence-corrected chi connectivity index (χ2v) is 2.95. The van der Waals surface area contributed by atoms with Gasteiger partial charge in [0, 0.05) is 0 Å². The summed E-state index contributed by atoms with van der Waals surface area (Å²) in [5.74, 6) is 0.474. The van der Waals surface area contributed by atoms with E-state index in [4.69, 9.17) is 14.8 Å². The average Bonchev–Trinajstić information content (AvgIpc) is 2.21. The van der Waals surface area contributed by atoms with Gasteiger partial charge in [0.15, 0.2) is 11.5 Å². The number of hydrogen-bond acceptors (Lipinski definition) is 5. The normalized spacial score (nSPS) is 9.87. The van der Waals surface area contributed by atoms with Gasteiger partial charge in [-0.05, 0) is 24.5 Å². The van der Waals surface area contributed by atoms with E-state index < -0.39 is 7.12 Å². The molecule has 0 bridgehead atoms. The number of hydrogen-bond donors (Lipinski definition) is 2. The fraction of sp³-hybridized carbons (Fsp3) is 0.250. The highest BCUT2D eigenvalue weighted by atomic mass is 32.2. The monoisotopic (exact) mass is 232 g/mol. The molecule has 82 valence electrons. The molecule has 0 aliphatic carbocycles. The summed E-state index contributed by atoms with van der Waals surface area (Å²) in [5.41, 5.74) is 0.259. The standard InChI is InChI=1S/C8H10BFO4S/c1-2-13-8-5-6(9(11)12)3-4-7(8)14-15-10/h3-5,11-12H,2H2,1H3. The van der Waals surface area contributed by atoms with Crippen molar-refractivity contribution in [2.24, 2.45) is 0 Å². The number of benzene rings is 1. The molecule has 0 saturated carbocycles. The predicted octanol–water partition coefficient (Wildman–Crippen LogP) is 0.677. The molecule has 0 fully saturated rings. The fourth-order valence-electron chi connectivity index (χ4n) is 1.06. The van der Waals surface area contributed by atoms with Crippen LogP contribution in [0.5, 0.6) is 11.5 Å². The largest absolute Gasteiger partial charge is 0.490 e. The summed E-state index contributed by atoms with van der Waals surface area (Å²) >= 11 is -0.296. The Morgan fingerprint density at radius 2 is 2.13 bits per heavy atom. The van der Waals surface area contributed by atoms with E-state index >= 15 is 0 Å². The molecule has 2 N–H and O–H groups in total. The quantitative estimate of drug-likeness (QED) is 0.577. The van der Waals surface area contributed by atoms with Crippen LogP contribution in [0.2, 0.25) is 0 Å². The first-order valence-corrected chi connectivity index (χ1v) is 4.91. The molecule has 0 unspecified atom stereocenters. The van der Waals surface area contributed by atoms with Crippen molar-refractivity contribution in [2.75, 3.05) is 6.61 Å². The first kappa shape index (κ1) is 12.2. The Hall–Kier alpha value is -0.915. The Balaban J connectivity index is 2.97. The van der Waals surface area contributed by atoms with Crippen molar-refractivity contribution >= 4 is 25.0 Å². The molecule has 1 aromatic carbocycles. The van der Waals surface area contributed by atoms with Crippen molar-refractivity contribution in [3.05, 3.63) is 18.2 Å². The molecule has 0 saturated heterocycles. The molecular formula is C8H10BFO4S. The average molecular weight is 232 g/mol. The Kier molecular flexibility index (Phi) is 4.74. The first-order valence-electron chi connectivity index (χ1n) is 4.27. The van der Waals surface area contributed by atoms with Gasteiger partial charge in [-0.25, -0.2) is 0 Å². The maximum Gasteiger partial charge on any atom is 0.488 e. The SMILES string of the molecule is CCOc1cc(B(O)O)ccc1OSF. The van der Waals surface area contributed by atoms with Crippen molar-refractivity contribution in [3.63, 3.8) is 0 Å². The molecule has 1 aromatic rings. The summed E-state index contributed by atoms with van der Waals surface area (Å²) in [4.78, 5) is 0. The van der Waals surface area contributed by atoms with Crippen molar-refractivity contribution in [3.8, 4) is 11.5 Å². The number of rotatable bonds is 5. The van der Waals surface area contributed by atoms with Gasteiger partial charge in [-0.3, -0.25) is 0 Å². The zero-order valence-corrected chi connectivity index (χ0v) is 8.83. The molecule has 15 heavy (non-hydrogen) atoms. The van der Waals surface area contributed by atoms with Gasteiger partial charge >= 0.3 is 7.12 Å². The predicted molar refractivity (Wildman–Crippen MR) is 56.8 cm³/mol. The van der Waals surface area contributed by atoms with E-state index in [1.165, 1.54) is 18.2 Å². The van der Waals surface area contributed by atoms with Crippen LogP contribution in [0.4, 0.5) is 3.89 Å². The third-order valence-electron chi connectivity index (χ3n) is 1.69. The lowest BCUT2D eigenvalue weighted by molar-refractivity contribution is 0.330. The van der Waals surface area contributed by atoms with Gasteiger partial charge in [0.25, 0.3) is 12.4 Å². The molecule has 0 aliphatic rings. The zero-order chi connectivity index (χ0) is 11.3. The Labute approximate surface area is 91.7 Å². The molecule has 4 nitrogen and oxygen atoms in total. The summed E-state index contributed by atoms with van der Waals surface area (Å²) in [6.45, 7) is 2.13. The summed E-state index contributed by atoms with van der Waals surface area (Å²) < 4.78 is 21.6. The second-order valence-electron chi connectivity index (χ2n) is 2.66. The van der Waals surface area contributed by atoms with Crippen LogP contribution in [0.25, 0.3) is 0 Å². The molecule has 0 aliphatic heterocycles. The Morgan fingerprint density at radius 1 is 1.40 bits per heavy atom. The molecule has 0 amide bonds. The molecule has 0 radical (unpaired) electrons. The molecule has 0 aromatic heterocycles. The third-order valence-corrected chi connectivity index (χ3v) is 1.93. The maximum atomic E-state index is 11.9. The highest BCUT2D eigenvalue weighted by Gasteiger charge is 2.15. The van der Waals surface area contributed by atoms with Crippen LogP contribution < -0.4 is 14.4 Å². The van der Waals surface area contributed by atoms with E-state index in [9.17, 15) is 3.89 Å². The van der Waals surface area contributed by atoms with E-state index in [2.05, 4.69) is 4.18 Å². The van der Waals surface area contributed by atoms with E-state index in [1.807, 2.05) is 0 Å². The van der Waals surface area contributed by atoms with Crippen LogP contribution in [-0.4, -0.2) is 23.8 Å². The smallest absolute Gasteiger partial charge is 0.488 e. The van der Waals surface area contributed by atoms with Gasteiger partial charge < -0.3 is 19.0 Å². The van der Waals surface area contributed by atoms with Crippen LogP contribution >= 0.6 is 12.4 Å².